The fraction of sp³-hybridized carbons (Fsp3) is 0.462. The summed E-state index contributed by atoms with van der Waals surface area (Å²) in [6.45, 7) is 1.76. The van der Waals surface area contributed by atoms with Crippen LogP contribution in [0.4, 0.5) is 4.39 Å². The monoisotopic (exact) mass is 303 g/mol. The third kappa shape index (κ3) is 3.41. The highest BCUT2D eigenvalue weighted by Gasteiger charge is 2.32. The Morgan fingerprint density at radius 3 is 3.00 bits per heavy atom. The Morgan fingerprint density at radius 2 is 2.37 bits per heavy atom. The van der Waals surface area contributed by atoms with Crippen LogP contribution in [-0.4, -0.2) is 34.7 Å². The summed E-state index contributed by atoms with van der Waals surface area (Å²) < 4.78 is 13.3. The van der Waals surface area contributed by atoms with Crippen molar-refractivity contribution in [3.8, 4) is 0 Å². The molecule has 1 heterocycles. The number of carbonyl (C=O) groups is 1. The van der Waals surface area contributed by atoms with Crippen molar-refractivity contribution in [1.82, 2.24) is 5.32 Å². The number of benzene rings is 1. The predicted octanol–water partition coefficient (Wildman–Crippen LogP) is 2.39. The second-order valence-electron chi connectivity index (χ2n) is 4.79. The molecule has 1 aliphatic rings. The van der Waals surface area contributed by atoms with Gasteiger partial charge in [0, 0.05) is 12.3 Å². The molecule has 1 aromatic carbocycles. The molecular weight excluding hydrogens is 289 g/mol. The zero-order valence-corrected chi connectivity index (χ0v) is 12.1. The molecule has 1 saturated heterocycles. The van der Waals surface area contributed by atoms with Crippen molar-refractivity contribution in [1.29, 1.82) is 0 Å². The molecule has 1 aliphatic heterocycles. The highest BCUT2D eigenvalue weighted by Crippen LogP contribution is 2.27. The third-order valence-electron chi connectivity index (χ3n) is 3.15. The normalized spacial score (nSPS) is 22.5. The zero-order valence-electron chi connectivity index (χ0n) is 10.5. The number of amides is 1. The van der Waals surface area contributed by atoms with E-state index < -0.39 is 17.3 Å². The van der Waals surface area contributed by atoms with Crippen LogP contribution in [0.25, 0.3) is 0 Å². The minimum Gasteiger partial charge on any atom is -0.387 e. The number of aryl methyl sites for hydroxylation is 1. The molecule has 104 valence electrons. The summed E-state index contributed by atoms with van der Waals surface area (Å²) in [5, 5.41) is 12.9. The van der Waals surface area contributed by atoms with E-state index in [9.17, 15) is 14.3 Å². The first-order valence-electron chi connectivity index (χ1n) is 5.95. The summed E-state index contributed by atoms with van der Waals surface area (Å²) in [6, 6.07) is 2.55. The average Bonchev–Trinajstić information content (AvgIpc) is 2.78. The van der Waals surface area contributed by atoms with Crippen LogP contribution < -0.4 is 5.32 Å². The Bertz CT molecular complexity index is 504. The maximum absolute atomic E-state index is 13.3. The molecule has 2 N–H and O–H groups in total. The lowest BCUT2D eigenvalue weighted by atomic mass is 10.0. The molecule has 3 nitrogen and oxygen atoms in total. The molecule has 0 radical (unpaired) electrons. The van der Waals surface area contributed by atoms with E-state index in [4.69, 9.17) is 11.6 Å². The quantitative estimate of drug-likeness (QED) is 0.901. The second kappa shape index (κ2) is 5.69. The lowest BCUT2D eigenvalue weighted by Gasteiger charge is -2.21. The summed E-state index contributed by atoms with van der Waals surface area (Å²) in [6.07, 6.45) is 0.661. The highest BCUT2D eigenvalue weighted by molar-refractivity contribution is 7.99. The standard InChI is InChI=1S/C13H15ClFNO2S/c1-8-4-9(10(14)5-11(8)15)12(17)16-6-13(18)2-3-19-7-13/h4-5,18H,2-3,6-7H2,1H3,(H,16,17). The van der Waals surface area contributed by atoms with Crippen LogP contribution in [0.1, 0.15) is 22.3 Å². The molecule has 6 heteroatoms. The van der Waals surface area contributed by atoms with Crippen LogP contribution in [-0.2, 0) is 0 Å². The van der Waals surface area contributed by atoms with E-state index in [2.05, 4.69) is 5.32 Å². The number of hydrogen-bond donors (Lipinski definition) is 2. The van der Waals surface area contributed by atoms with Crippen LogP contribution in [0.15, 0.2) is 12.1 Å². The largest absolute Gasteiger partial charge is 0.387 e. The number of aliphatic hydroxyl groups is 1. The molecule has 1 unspecified atom stereocenters. The number of hydrogen-bond acceptors (Lipinski definition) is 3. The molecule has 0 aliphatic carbocycles. The van der Waals surface area contributed by atoms with Gasteiger partial charge in [0.05, 0.1) is 16.2 Å². The van der Waals surface area contributed by atoms with Crippen LogP contribution in [0.2, 0.25) is 5.02 Å². The van der Waals surface area contributed by atoms with E-state index in [1.54, 1.807) is 18.7 Å². The Hall–Kier alpha value is -0.780. The van der Waals surface area contributed by atoms with Crippen LogP contribution in [0.5, 0.6) is 0 Å². The van der Waals surface area contributed by atoms with Crippen molar-refractivity contribution in [2.75, 3.05) is 18.1 Å². The Kier molecular flexibility index (Phi) is 4.38. The molecule has 0 bridgehead atoms. The Morgan fingerprint density at radius 1 is 1.63 bits per heavy atom. The van der Waals surface area contributed by atoms with Gasteiger partial charge in [0.25, 0.3) is 5.91 Å². The molecule has 1 aromatic rings. The van der Waals surface area contributed by atoms with Crippen LogP contribution in [0.3, 0.4) is 0 Å². The van der Waals surface area contributed by atoms with Gasteiger partial charge in [0.2, 0.25) is 0 Å². The van der Waals surface area contributed by atoms with E-state index in [1.807, 2.05) is 0 Å². The van der Waals surface area contributed by atoms with E-state index in [0.29, 0.717) is 17.7 Å². The van der Waals surface area contributed by atoms with Crippen molar-refractivity contribution in [3.05, 3.63) is 34.1 Å². The number of thioether (sulfide) groups is 1. The topological polar surface area (TPSA) is 49.3 Å². The van der Waals surface area contributed by atoms with Gasteiger partial charge in [-0.05, 0) is 36.8 Å². The summed E-state index contributed by atoms with van der Waals surface area (Å²) in [5.41, 5.74) is -0.249. The minimum absolute atomic E-state index is 0.0772. The predicted molar refractivity (Wildman–Crippen MR) is 75.4 cm³/mol. The molecule has 1 fully saturated rings. The van der Waals surface area contributed by atoms with Gasteiger partial charge in [-0.25, -0.2) is 4.39 Å². The van der Waals surface area contributed by atoms with Gasteiger partial charge in [-0.2, -0.15) is 11.8 Å². The van der Waals surface area contributed by atoms with Gasteiger partial charge < -0.3 is 10.4 Å². The summed E-state index contributed by atoms with van der Waals surface area (Å²) in [7, 11) is 0. The van der Waals surface area contributed by atoms with Crippen molar-refractivity contribution < 1.29 is 14.3 Å². The highest BCUT2D eigenvalue weighted by atomic mass is 35.5. The maximum Gasteiger partial charge on any atom is 0.252 e. The molecule has 0 aromatic heterocycles. The van der Waals surface area contributed by atoms with E-state index in [1.165, 1.54) is 6.07 Å². The van der Waals surface area contributed by atoms with Gasteiger partial charge in [0.1, 0.15) is 5.82 Å². The van der Waals surface area contributed by atoms with E-state index >= 15 is 0 Å². The molecule has 19 heavy (non-hydrogen) atoms. The molecule has 0 spiro atoms. The van der Waals surface area contributed by atoms with Gasteiger partial charge in [-0.15, -0.1) is 0 Å². The van der Waals surface area contributed by atoms with E-state index in [0.717, 1.165) is 11.8 Å². The van der Waals surface area contributed by atoms with Gasteiger partial charge in [-0.1, -0.05) is 11.6 Å². The SMILES string of the molecule is Cc1cc(C(=O)NCC2(O)CCSC2)c(Cl)cc1F. The summed E-state index contributed by atoms with van der Waals surface area (Å²) in [5.74, 6) is 0.678. The third-order valence-corrected chi connectivity index (χ3v) is 4.70. The van der Waals surface area contributed by atoms with Gasteiger partial charge >= 0.3 is 0 Å². The first-order valence-corrected chi connectivity index (χ1v) is 7.48. The van der Waals surface area contributed by atoms with Crippen molar-refractivity contribution >= 4 is 29.3 Å². The lowest BCUT2D eigenvalue weighted by molar-refractivity contribution is 0.0612. The molecule has 1 amide bonds. The van der Waals surface area contributed by atoms with Crippen molar-refractivity contribution in [2.45, 2.75) is 18.9 Å². The number of halogens is 2. The van der Waals surface area contributed by atoms with Gasteiger partial charge in [0.15, 0.2) is 0 Å². The first-order chi connectivity index (χ1) is 8.91. The molecule has 0 saturated carbocycles. The number of nitrogens with one attached hydrogen (secondary N) is 1. The van der Waals surface area contributed by atoms with Crippen LogP contribution in [0, 0.1) is 12.7 Å². The zero-order chi connectivity index (χ0) is 14.0. The van der Waals surface area contributed by atoms with Gasteiger partial charge in [-0.3, -0.25) is 4.79 Å². The maximum atomic E-state index is 13.3. The van der Waals surface area contributed by atoms with Crippen molar-refractivity contribution in [2.24, 2.45) is 0 Å². The lowest BCUT2D eigenvalue weighted by Crippen LogP contribution is -2.43. The second-order valence-corrected chi connectivity index (χ2v) is 6.30. The fourth-order valence-electron chi connectivity index (χ4n) is 1.91. The minimum atomic E-state index is -0.845. The summed E-state index contributed by atoms with van der Waals surface area (Å²) >= 11 is 7.52. The fourth-order valence-corrected chi connectivity index (χ4v) is 3.44. The number of rotatable bonds is 3. The van der Waals surface area contributed by atoms with E-state index in [-0.39, 0.29) is 17.1 Å². The number of carbonyl (C=O) groups excluding carboxylic acids is 1. The first kappa shape index (κ1) is 14.6. The molecular formula is C13H15ClFNO2S. The Labute approximate surface area is 120 Å². The molecule has 1 atom stereocenters. The smallest absolute Gasteiger partial charge is 0.252 e. The Balaban J connectivity index is 2.06. The molecule has 2 rings (SSSR count). The van der Waals surface area contributed by atoms with Crippen molar-refractivity contribution in [3.63, 3.8) is 0 Å². The summed E-state index contributed by atoms with van der Waals surface area (Å²) in [4.78, 5) is 12.0. The average molecular weight is 304 g/mol. The van der Waals surface area contributed by atoms with Crippen LogP contribution >= 0.6 is 23.4 Å².